The molecule has 3 N–H and O–H groups in total. The van der Waals surface area contributed by atoms with Gasteiger partial charge in [-0.15, -0.1) is 0 Å². The summed E-state index contributed by atoms with van der Waals surface area (Å²) < 4.78 is 8.20. The number of fused-ring (bicyclic) bond motifs is 3. The van der Waals surface area contributed by atoms with E-state index in [4.69, 9.17) is 10.5 Å². The number of hydrogen-bond acceptors (Lipinski definition) is 4. The van der Waals surface area contributed by atoms with Crippen LogP contribution in [0.25, 0.3) is 21.7 Å². The van der Waals surface area contributed by atoms with Crippen molar-refractivity contribution in [1.29, 1.82) is 0 Å². The molecule has 0 spiro atoms. The summed E-state index contributed by atoms with van der Waals surface area (Å²) in [4.78, 5) is 16.2. The van der Waals surface area contributed by atoms with Gasteiger partial charge in [0, 0.05) is 46.1 Å². The maximum atomic E-state index is 11.7. The first-order valence-electron chi connectivity index (χ1n) is 8.04. The van der Waals surface area contributed by atoms with Gasteiger partial charge in [0.1, 0.15) is 11.4 Å². The molecule has 0 bridgehead atoms. The normalized spacial score (nSPS) is 11.8. The Morgan fingerprint density at radius 3 is 2.72 bits per heavy atom. The van der Waals surface area contributed by atoms with E-state index < -0.39 is 11.7 Å². The fourth-order valence-electron chi connectivity index (χ4n) is 2.67. The number of carbonyl (C=O) groups excluding carboxylic acids is 1. The minimum absolute atomic E-state index is 0.416. The Hall–Kier alpha value is -2.28. The van der Waals surface area contributed by atoms with E-state index in [9.17, 15) is 4.79 Å². The van der Waals surface area contributed by atoms with Crippen LogP contribution in [-0.2, 0) is 11.3 Å². The van der Waals surface area contributed by atoms with Gasteiger partial charge >= 0.3 is 6.09 Å². The number of amides is 1. The minimum atomic E-state index is -0.500. The molecule has 7 heteroatoms. The average molecular weight is 405 g/mol. The molecular formula is C18H21BrN4O2. The van der Waals surface area contributed by atoms with Gasteiger partial charge in [-0.25, -0.2) is 9.78 Å². The predicted molar refractivity (Wildman–Crippen MR) is 104 cm³/mol. The summed E-state index contributed by atoms with van der Waals surface area (Å²) in [7, 11) is 0. The number of ether oxygens (including phenoxy) is 1. The van der Waals surface area contributed by atoms with Gasteiger partial charge in [0.25, 0.3) is 0 Å². The first-order chi connectivity index (χ1) is 11.7. The lowest BCUT2D eigenvalue weighted by Crippen LogP contribution is -2.34. The number of nitrogen functional groups attached to an aromatic ring is 1. The summed E-state index contributed by atoms with van der Waals surface area (Å²) in [6.07, 6.45) is 3.57. The van der Waals surface area contributed by atoms with Crippen molar-refractivity contribution in [3.63, 3.8) is 0 Å². The van der Waals surface area contributed by atoms with Crippen LogP contribution in [0.3, 0.4) is 0 Å². The van der Waals surface area contributed by atoms with Gasteiger partial charge in [-0.3, -0.25) is 0 Å². The maximum Gasteiger partial charge on any atom is 0.407 e. The fourth-order valence-corrected chi connectivity index (χ4v) is 3.02. The molecule has 1 aromatic carbocycles. The van der Waals surface area contributed by atoms with Crippen LogP contribution in [0.15, 0.2) is 35.1 Å². The van der Waals surface area contributed by atoms with Crippen LogP contribution < -0.4 is 11.1 Å². The van der Waals surface area contributed by atoms with Crippen LogP contribution >= 0.6 is 15.9 Å². The molecule has 132 valence electrons. The highest BCUT2D eigenvalue weighted by atomic mass is 79.9. The Balaban J connectivity index is 1.78. The van der Waals surface area contributed by atoms with Crippen molar-refractivity contribution >= 4 is 49.5 Å². The molecule has 0 fully saturated rings. The molecule has 0 saturated carbocycles. The average Bonchev–Trinajstić information content (AvgIpc) is 2.90. The Labute approximate surface area is 154 Å². The van der Waals surface area contributed by atoms with Gasteiger partial charge in [0.05, 0.1) is 5.52 Å². The first-order valence-corrected chi connectivity index (χ1v) is 8.83. The molecule has 2 aromatic heterocycles. The van der Waals surface area contributed by atoms with E-state index in [0.717, 1.165) is 26.1 Å². The van der Waals surface area contributed by atoms with Crippen LogP contribution in [0.5, 0.6) is 0 Å². The van der Waals surface area contributed by atoms with Crippen LogP contribution in [0.2, 0.25) is 0 Å². The molecule has 0 unspecified atom stereocenters. The number of alkyl carbamates (subject to hydrolysis) is 1. The molecule has 3 aromatic rings. The van der Waals surface area contributed by atoms with Gasteiger partial charge in [-0.1, -0.05) is 22.0 Å². The van der Waals surface area contributed by atoms with Crippen LogP contribution in [0.1, 0.15) is 20.8 Å². The van der Waals surface area contributed by atoms with E-state index in [0.29, 0.717) is 18.9 Å². The molecule has 0 atom stereocenters. The summed E-state index contributed by atoms with van der Waals surface area (Å²) in [6, 6.07) is 5.96. The Bertz CT molecular complexity index is 944. The molecule has 0 radical (unpaired) electrons. The van der Waals surface area contributed by atoms with E-state index in [1.54, 1.807) is 0 Å². The zero-order chi connectivity index (χ0) is 18.2. The zero-order valence-corrected chi connectivity index (χ0v) is 16.1. The number of rotatable bonds is 3. The quantitative estimate of drug-likeness (QED) is 0.689. The molecule has 6 nitrogen and oxygen atoms in total. The van der Waals surface area contributed by atoms with E-state index in [1.165, 1.54) is 0 Å². The monoisotopic (exact) mass is 404 g/mol. The number of hydrogen-bond donors (Lipinski definition) is 2. The summed E-state index contributed by atoms with van der Waals surface area (Å²) in [5.41, 5.74) is 6.45. The van der Waals surface area contributed by atoms with Gasteiger partial charge < -0.3 is 20.4 Å². The summed E-state index contributed by atoms with van der Waals surface area (Å²) in [5, 5.41) is 5.76. The third kappa shape index (κ3) is 4.04. The molecular weight excluding hydrogens is 384 g/mol. The van der Waals surface area contributed by atoms with Gasteiger partial charge in [0.15, 0.2) is 0 Å². The highest BCUT2D eigenvalue weighted by Crippen LogP contribution is 2.30. The lowest BCUT2D eigenvalue weighted by molar-refractivity contribution is 0.0526. The van der Waals surface area contributed by atoms with Gasteiger partial charge in [0.2, 0.25) is 0 Å². The summed E-state index contributed by atoms with van der Waals surface area (Å²) >= 11 is 3.46. The van der Waals surface area contributed by atoms with E-state index in [1.807, 2.05) is 55.9 Å². The van der Waals surface area contributed by atoms with Crippen molar-refractivity contribution in [3.05, 3.63) is 35.1 Å². The lowest BCUT2D eigenvalue weighted by Gasteiger charge is -2.19. The van der Waals surface area contributed by atoms with Crippen molar-refractivity contribution in [3.8, 4) is 0 Å². The summed E-state index contributed by atoms with van der Waals surface area (Å²) in [6.45, 7) is 6.59. The zero-order valence-electron chi connectivity index (χ0n) is 14.5. The van der Waals surface area contributed by atoms with Crippen LogP contribution in [-0.4, -0.2) is 27.8 Å². The third-order valence-electron chi connectivity index (χ3n) is 3.69. The van der Waals surface area contributed by atoms with E-state index in [-0.39, 0.29) is 0 Å². The van der Waals surface area contributed by atoms with Crippen LogP contribution in [0, 0.1) is 0 Å². The van der Waals surface area contributed by atoms with Crippen molar-refractivity contribution < 1.29 is 9.53 Å². The third-order valence-corrected chi connectivity index (χ3v) is 4.18. The Morgan fingerprint density at radius 2 is 2.00 bits per heavy atom. The highest BCUT2D eigenvalue weighted by Gasteiger charge is 2.15. The molecule has 0 aliphatic carbocycles. The first kappa shape index (κ1) is 17.5. The van der Waals surface area contributed by atoms with Crippen molar-refractivity contribution in [2.45, 2.75) is 32.9 Å². The number of anilines is 1. The Kier molecular flexibility index (Phi) is 4.60. The molecule has 2 heterocycles. The smallest absolute Gasteiger partial charge is 0.407 e. The molecule has 1 amide bonds. The number of pyridine rings is 1. The second-order valence-electron chi connectivity index (χ2n) is 6.91. The topological polar surface area (TPSA) is 82.2 Å². The SMILES string of the molecule is CC(C)(C)OC(=O)NCCn1cc2c(N)nc3cc(Br)ccc3c2c1. The second kappa shape index (κ2) is 6.55. The van der Waals surface area contributed by atoms with E-state index in [2.05, 4.69) is 26.2 Å². The number of aromatic nitrogens is 2. The second-order valence-corrected chi connectivity index (χ2v) is 7.83. The largest absolute Gasteiger partial charge is 0.444 e. The van der Waals surface area contributed by atoms with Crippen molar-refractivity contribution in [1.82, 2.24) is 14.9 Å². The summed E-state index contributed by atoms with van der Waals surface area (Å²) in [5.74, 6) is 0.499. The fraction of sp³-hybridized carbons (Fsp3) is 0.333. The van der Waals surface area contributed by atoms with Crippen molar-refractivity contribution in [2.75, 3.05) is 12.3 Å². The molecule has 25 heavy (non-hydrogen) atoms. The molecule has 3 rings (SSSR count). The number of nitrogens with one attached hydrogen (secondary N) is 1. The standard InChI is InChI=1S/C18H21BrN4O2/c1-18(2,3)25-17(24)21-6-7-23-9-13-12-5-4-11(19)8-15(12)22-16(20)14(13)10-23/h4-5,8-10H,6-7H2,1-3H3,(H2,20,22)(H,21,24). The highest BCUT2D eigenvalue weighted by molar-refractivity contribution is 9.10. The number of carbonyl (C=O) groups is 1. The van der Waals surface area contributed by atoms with Crippen molar-refractivity contribution in [2.24, 2.45) is 0 Å². The molecule has 0 aliphatic heterocycles. The van der Waals surface area contributed by atoms with Gasteiger partial charge in [-0.05, 0) is 32.9 Å². The number of nitrogens with two attached hydrogens (primary N) is 1. The minimum Gasteiger partial charge on any atom is -0.444 e. The number of benzene rings is 1. The maximum absolute atomic E-state index is 11.7. The number of halogens is 1. The van der Waals surface area contributed by atoms with Crippen LogP contribution in [0.4, 0.5) is 10.6 Å². The van der Waals surface area contributed by atoms with Gasteiger partial charge in [-0.2, -0.15) is 0 Å². The lowest BCUT2D eigenvalue weighted by atomic mass is 10.1. The molecule has 0 aliphatic rings. The Morgan fingerprint density at radius 1 is 1.28 bits per heavy atom. The van der Waals surface area contributed by atoms with E-state index >= 15 is 0 Å². The number of nitrogens with zero attached hydrogens (tertiary/aromatic N) is 2. The molecule has 0 saturated heterocycles. The predicted octanol–water partition coefficient (Wildman–Crippen LogP) is 4.06.